The zero-order valence-corrected chi connectivity index (χ0v) is 12.0. The van der Waals surface area contributed by atoms with Crippen LogP contribution in [0.2, 0.25) is 0 Å². The number of rotatable bonds is 3. The van der Waals surface area contributed by atoms with Crippen molar-refractivity contribution in [3.63, 3.8) is 0 Å². The lowest BCUT2D eigenvalue weighted by Gasteiger charge is -2.30. The van der Waals surface area contributed by atoms with Crippen LogP contribution in [0.1, 0.15) is 75.3 Å². The highest BCUT2D eigenvalue weighted by atomic mass is 16.1. The summed E-state index contributed by atoms with van der Waals surface area (Å²) in [7, 11) is 0. The molecule has 2 saturated carbocycles. The summed E-state index contributed by atoms with van der Waals surface area (Å²) in [6.45, 7) is 1.80. The molecular formula is C18H24O. The first kappa shape index (κ1) is 12.9. The van der Waals surface area contributed by atoms with Gasteiger partial charge in [0.25, 0.3) is 0 Å². The second-order valence-electron chi connectivity index (χ2n) is 6.41. The van der Waals surface area contributed by atoms with Gasteiger partial charge in [-0.3, -0.25) is 4.79 Å². The van der Waals surface area contributed by atoms with Crippen LogP contribution in [-0.2, 0) is 10.2 Å². The van der Waals surface area contributed by atoms with E-state index < -0.39 is 0 Å². The van der Waals surface area contributed by atoms with Crippen molar-refractivity contribution in [1.29, 1.82) is 0 Å². The van der Waals surface area contributed by atoms with Crippen molar-refractivity contribution in [1.82, 2.24) is 0 Å². The minimum atomic E-state index is -0.154. The normalized spacial score (nSPS) is 22.8. The van der Waals surface area contributed by atoms with Crippen LogP contribution in [0.15, 0.2) is 24.3 Å². The van der Waals surface area contributed by atoms with Crippen LogP contribution in [0.4, 0.5) is 0 Å². The van der Waals surface area contributed by atoms with Gasteiger partial charge in [0.1, 0.15) is 5.78 Å². The van der Waals surface area contributed by atoms with Gasteiger partial charge in [0.05, 0.1) is 5.41 Å². The molecule has 2 fully saturated rings. The molecule has 0 atom stereocenters. The van der Waals surface area contributed by atoms with Gasteiger partial charge in [-0.1, -0.05) is 49.9 Å². The Kier molecular flexibility index (Phi) is 3.47. The summed E-state index contributed by atoms with van der Waals surface area (Å²) < 4.78 is 0. The molecule has 1 nitrogen and oxygen atoms in total. The molecule has 0 amide bonds. The fourth-order valence-corrected chi connectivity index (χ4v) is 4.32. The van der Waals surface area contributed by atoms with Crippen LogP contribution in [-0.4, -0.2) is 5.78 Å². The Morgan fingerprint density at radius 1 is 1.05 bits per heavy atom. The van der Waals surface area contributed by atoms with E-state index in [4.69, 9.17) is 0 Å². The third-order valence-electron chi connectivity index (χ3n) is 5.40. The van der Waals surface area contributed by atoms with E-state index in [1.54, 1.807) is 6.92 Å². The molecule has 0 bridgehead atoms. The molecule has 1 aromatic carbocycles. The fourth-order valence-electron chi connectivity index (χ4n) is 4.32. The first-order chi connectivity index (χ1) is 9.24. The molecule has 102 valence electrons. The molecule has 0 aromatic heterocycles. The Balaban J connectivity index is 2.05. The van der Waals surface area contributed by atoms with Gasteiger partial charge in [-0.25, -0.2) is 0 Å². The summed E-state index contributed by atoms with van der Waals surface area (Å²) in [5.41, 5.74) is 2.70. The summed E-state index contributed by atoms with van der Waals surface area (Å²) >= 11 is 0. The van der Waals surface area contributed by atoms with Crippen LogP contribution < -0.4 is 0 Å². The predicted molar refractivity (Wildman–Crippen MR) is 78.5 cm³/mol. The van der Waals surface area contributed by atoms with Crippen molar-refractivity contribution in [3.05, 3.63) is 35.4 Å². The molecular weight excluding hydrogens is 232 g/mol. The monoisotopic (exact) mass is 256 g/mol. The van der Waals surface area contributed by atoms with Crippen LogP contribution in [0.3, 0.4) is 0 Å². The molecule has 0 saturated heterocycles. The van der Waals surface area contributed by atoms with E-state index >= 15 is 0 Å². The zero-order chi connectivity index (χ0) is 13.3. The summed E-state index contributed by atoms with van der Waals surface area (Å²) in [4.78, 5) is 12.3. The van der Waals surface area contributed by atoms with E-state index in [-0.39, 0.29) is 5.41 Å². The van der Waals surface area contributed by atoms with Gasteiger partial charge in [0.2, 0.25) is 0 Å². The van der Waals surface area contributed by atoms with Crippen molar-refractivity contribution in [2.45, 2.75) is 69.6 Å². The zero-order valence-electron chi connectivity index (χ0n) is 12.0. The highest BCUT2D eigenvalue weighted by Gasteiger charge is 2.42. The molecule has 0 aliphatic heterocycles. The fraction of sp³-hybridized carbons (Fsp3) is 0.611. The summed E-state index contributed by atoms with van der Waals surface area (Å²) in [5.74, 6) is 1.09. The van der Waals surface area contributed by atoms with Crippen LogP contribution >= 0.6 is 0 Å². The van der Waals surface area contributed by atoms with Crippen molar-refractivity contribution in [2.75, 3.05) is 0 Å². The van der Waals surface area contributed by atoms with Crippen LogP contribution in [0.25, 0.3) is 0 Å². The third-order valence-corrected chi connectivity index (χ3v) is 5.40. The van der Waals surface area contributed by atoms with Gasteiger partial charge < -0.3 is 0 Å². The van der Waals surface area contributed by atoms with Gasteiger partial charge in [-0.2, -0.15) is 0 Å². The summed E-state index contributed by atoms with van der Waals surface area (Å²) in [5, 5.41) is 0. The van der Waals surface area contributed by atoms with Crippen LogP contribution in [0.5, 0.6) is 0 Å². The number of ketones is 1. The van der Waals surface area contributed by atoms with Crippen LogP contribution in [0, 0.1) is 0 Å². The smallest absolute Gasteiger partial charge is 0.140 e. The highest BCUT2D eigenvalue weighted by molar-refractivity contribution is 5.88. The van der Waals surface area contributed by atoms with E-state index in [0.717, 1.165) is 12.8 Å². The average Bonchev–Trinajstić information content (AvgIpc) is 3.11. The predicted octanol–water partition coefficient (Wildman–Crippen LogP) is 4.75. The molecule has 0 spiro atoms. The first-order valence-electron chi connectivity index (χ1n) is 7.84. The number of benzene rings is 1. The average molecular weight is 256 g/mol. The Bertz CT molecular complexity index is 462. The summed E-state index contributed by atoms with van der Waals surface area (Å²) in [6, 6.07) is 8.80. The molecule has 0 heterocycles. The van der Waals surface area contributed by atoms with E-state index in [2.05, 4.69) is 24.3 Å². The second kappa shape index (κ2) is 5.11. The SMILES string of the molecule is CC(=O)C1(c2ccccc2C2CCCC2)CCCC1. The van der Waals surface area contributed by atoms with E-state index in [0.29, 0.717) is 11.7 Å². The molecule has 0 N–H and O–H groups in total. The van der Waals surface area contributed by atoms with Crippen molar-refractivity contribution in [3.8, 4) is 0 Å². The lowest BCUT2D eigenvalue weighted by molar-refractivity contribution is -0.122. The first-order valence-corrected chi connectivity index (χ1v) is 7.84. The molecule has 2 aliphatic carbocycles. The maximum atomic E-state index is 12.3. The highest BCUT2D eigenvalue weighted by Crippen LogP contribution is 2.46. The lowest BCUT2D eigenvalue weighted by atomic mass is 9.72. The Labute approximate surface area is 116 Å². The molecule has 2 aliphatic rings. The number of carbonyl (C=O) groups is 1. The lowest BCUT2D eigenvalue weighted by Crippen LogP contribution is -2.32. The molecule has 3 rings (SSSR count). The maximum Gasteiger partial charge on any atom is 0.140 e. The molecule has 0 radical (unpaired) electrons. The van der Waals surface area contributed by atoms with Gasteiger partial charge >= 0.3 is 0 Å². The topological polar surface area (TPSA) is 17.1 Å². The standard InChI is InChI=1S/C18H24O/c1-14(19)18(12-6-7-13-18)17-11-5-4-10-16(17)15-8-2-3-9-15/h4-5,10-11,15H,2-3,6-9,12-13H2,1H3. The van der Waals surface area contributed by atoms with Gasteiger partial charge in [-0.05, 0) is 49.7 Å². The molecule has 1 aromatic rings. The molecule has 0 unspecified atom stereocenters. The molecule has 19 heavy (non-hydrogen) atoms. The van der Waals surface area contributed by atoms with Gasteiger partial charge in [0, 0.05) is 0 Å². The van der Waals surface area contributed by atoms with E-state index in [1.807, 2.05) is 0 Å². The van der Waals surface area contributed by atoms with Crippen molar-refractivity contribution < 1.29 is 4.79 Å². The number of Topliss-reactive ketones (excluding diaryl/α,β-unsaturated/α-hetero) is 1. The minimum Gasteiger partial charge on any atom is -0.299 e. The molecule has 1 heteroatoms. The van der Waals surface area contributed by atoms with Crippen molar-refractivity contribution >= 4 is 5.78 Å². The number of carbonyl (C=O) groups excluding carboxylic acids is 1. The third kappa shape index (κ3) is 2.13. The van der Waals surface area contributed by atoms with Crippen molar-refractivity contribution in [2.24, 2.45) is 0 Å². The number of hydrogen-bond donors (Lipinski definition) is 0. The second-order valence-corrected chi connectivity index (χ2v) is 6.41. The number of hydrogen-bond acceptors (Lipinski definition) is 1. The quantitative estimate of drug-likeness (QED) is 0.763. The Morgan fingerprint density at radius 2 is 1.68 bits per heavy atom. The Morgan fingerprint density at radius 3 is 2.32 bits per heavy atom. The maximum absolute atomic E-state index is 12.3. The minimum absolute atomic E-state index is 0.154. The Hall–Kier alpha value is -1.11. The largest absolute Gasteiger partial charge is 0.299 e. The van der Waals surface area contributed by atoms with E-state index in [9.17, 15) is 4.79 Å². The summed E-state index contributed by atoms with van der Waals surface area (Å²) in [6.07, 6.45) is 9.86. The van der Waals surface area contributed by atoms with E-state index in [1.165, 1.54) is 49.7 Å². The van der Waals surface area contributed by atoms with Gasteiger partial charge in [-0.15, -0.1) is 0 Å². The van der Waals surface area contributed by atoms with Gasteiger partial charge in [0.15, 0.2) is 0 Å².